The number of amides is 1. The van der Waals surface area contributed by atoms with Gasteiger partial charge in [0.15, 0.2) is 5.69 Å². The van der Waals surface area contributed by atoms with E-state index in [-0.39, 0.29) is 18.1 Å². The SMILES string of the molecule is Cc1nc(CN2CCO[C@H]3CN(C(=O)c4csnn4)C[C@H]32)cs1. The molecule has 4 heterocycles. The van der Waals surface area contributed by atoms with Crippen LogP contribution in [-0.2, 0) is 11.3 Å². The second-order valence-corrected chi connectivity index (χ2v) is 7.48. The highest BCUT2D eigenvalue weighted by Crippen LogP contribution is 2.26. The Morgan fingerprint density at radius 3 is 3.09 bits per heavy atom. The number of hydrogen-bond donors (Lipinski definition) is 0. The van der Waals surface area contributed by atoms with Crippen LogP contribution in [0.2, 0.25) is 0 Å². The van der Waals surface area contributed by atoms with E-state index in [0.717, 1.165) is 23.8 Å². The molecule has 2 aromatic heterocycles. The van der Waals surface area contributed by atoms with E-state index in [4.69, 9.17) is 4.74 Å². The van der Waals surface area contributed by atoms with E-state index in [1.165, 1.54) is 11.5 Å². The summed E-state index contributed by atoms with van der Waals surface area (Å²) in [4.78, 5) is 21.2. The lowest BCUT2D eigenvalue weighted by molar-refractivity contribution is -0.0507. The van der Waals surface area contributed by atoms with Crippen molar-refractivity contribution in [1.29, 1.82) is 0 Å². The highest BCUT2D eigenvalue weighted by Gasteiger charge is 2.42. The molecule has 2 atom stereocenters. The first-order valence-electron chi connectivity index (χ1n) is 7.53. The smallest absolute Gasteiger partial charge is 0.275 e. The maximum absolute atomic E-state index is 12.5. The predicted octanol–water partition coefficient (Wildman–Crippen LogP) is 1.03. The van der Waals surface area contributed by atoms with Crippen molar-refractivity contribution in [3.05, 3.63) is 27.2 Å². The lowest BCUT2D eigenvalue weighted by atomic mass is 10.1. The van der Waals surface area contributed by atoms with Gasteiger partial charge < -0.3 is 9.64 Å². The first-order valence-corrected chi connectivity index (χ1v) is 9.25. The van der Waals surface area contributed by atoms with Crippen molar-refractivity contribution in [2.24, 2.45) is 0 Å². The van der Waals surface area contributed by atoms with Crippen LogP contribution in [0.25, 0.3) is 0 Å². The molecular weight excluding hydrogens is 334 g/mol. The zero-order chi connectivity index (χ0) is 15.8. The van der Waals surface area contributed by atoms with Crippen LogP contribution >= 0.6 is 22.9 Å². The number of hydrogen-bond acceptors (Lipinski definition) is 8. The van der Waals surface area contributed by atoms with E-state index in [9.17, 15) is 4.79 Å². The fraction of sp³-hybridized carbons (Fsp3) is 0.571. The molecule has 0 aliphatic carbocycles. The Hall–Kier alpha value is -1.42. The monoisotopic (exact) mass is 351 g/mol. The number of aromatic nitrogens is 3. The van der Waals surface area contributed by atoms with Crippen molar-refractivity contribution in [2.45, 2.75) is 25.6 Å². The fourth-order valence-corrected chi connectivity index (χ4v) is 4.26. The number of thiazole rings is 1. The third-order valence-electron chi connectivity index (χ3n) is 4.31. The molecule has 0 bridgehead atoms. The Morgan fingerprint density at radius 2 is 2.35 bits per heavy atom. The van der Waals surface area contributed by atoms with Crippen molar-refractivity contribution in [3.63, 3.8) is 0 Å². The third kappa shape index (κ3) is 3.01. The molecule has 1 amide bonds. The largest absolute Gasteiger partial charge is 0.373 e. The summed E-state index contributed by atoms with van der Waals surface area (Å²) in [5.41, 5.74) is 1.52. The van der Waals surface area contributed by atoms with E-state index < -0.39 is 0 Å². The molecule has 0 radical (unpaired) electrons. The van der Waals surface area contributed by atoms with Gasteiger partial charge in [-0.15, -0.1) is 16.4 Å². The molecule has 0 N–H and O–H groups in total. The van der Waals surface area contributed by atoms with Gasteiger partial charge in [-0.25, -0.2) is 4.98 Å². The minimum Gasteiger partial charge on any atom is -0.373 e. The number of carbonyl (C=O) groups excluding carboxylic acids is 1. The summed E-state index contributed by atoms with van der Waals surface area (Å²) in [6.45, 7) is 5.70. The normalized spacial score (nSPS) is 24.8. The number of fused-ring (bicyclic) bond motifs is 1. The summed E-state index contributed by atoms with van der Waals surface area (Å²) in [6.07, 6.45) is 0.0685. The summed E-state index contributed by atoms with van der Waals surface area (Å²) in [5.74, 6) is -0.0544. The number of ether oxygens (including phenoxy) is 1. The Bertz CT molecular complexity index is 689. The topological polar surface area (TPSA) is 71.5 Å². The number of carbonyl (C=O) groups is 1. The van der Waals surface area contributed by atoms with Gasteiger partial charge in [0.1, 0.15) is 0 Å². The van der Waals surface area contributed by atoms with Crippen molar-refractivity contribution in [3.8, 4) is 0 Å². The minimum absolute atomic E-state index is 0.0544. The van der Waals surface area contributed by atoms with E-state index in [1.807, 2.05) is 11.8 Å². The van der Waals surface area contributed by atoms with Crippen LogP contribution in [0.4, 0.5) is 0 Å². The minimum atomic E-state index is -0.0544. The van der Waals surface area contributed by atoms with Gasteiger partial charge in [0.2, 0.25) is 0 Å². The van der Waals surface area contributed by atoms with Crippen LogP contribution < -0.4 is 0 Å². The molecule has 4 rings (SSSR count). The van der Waals surface area contributed by atoms with Crippen molar-refractivity contribution in [1.82, 2.24) is 24.4 Å². The van der Waals surface area contributed by atoms with Gasteiger partial charge in [-0.3, -0.25) is 9.69 Å². The first kappa shape index (κ1) is 15.1. The van der Waals surface area contributed by atoms with Crippen LogP contribution in [0, 0.1) is 6.92 Å². The van der Waals surface area contributed by atoms with Crippen molar-refractivity contribution < 1.29 is 9.53 Å². The van der Waals surface area contributed by atoms with Gasteiger partial charge in [0.05, 0.1) is 29.5 Å². The summed E-state index contributed by atoms with van der Waals surface area (Å²) >= 11 is 2.87. The van der Waals surface area contributed by atoms with Crippen molar-refractivity contribution >= 4 is 28.8 Å². The highest BCUT2D eigenvalue weighted by atomic mass is 32.1. The predicted molar refractivity (Wildman–Crippen MR) is 86.6 cm³/mol. The van der Waals surface area contributed by atoms with Crippen LogP contribution in [0.5, 0.6) is 0 Å². The maximum Gasteiger partial charge on any atom is 0.275 e. The maximum atomic E-state index is 12.5. The highest BCUT2D eigenvalue weighted by molar-refractivity contribution is 7.09. The van der Waals surface area contributed by atoms with E-state index in [0.29, 0.717) is 25.4 Å². The van der Waals surface area contributed by atoms with E-state index >= 15 is 0 Å². The fourth-order valence-electron chi connectivity index (χ4n) is 3.23. The molecule has 2 aromatic rings. The second kappa shape index (κ2) is 6.23. The van der Waals surface area contributed by atoms with Crippen molar-refractivity contribution in [2.75, 3.05) is 26.2 Å². The molecule has 23 heavy (non-hydrogen) atoms. The summed E-state index contributed by atoms with van der Waals surface area (Å²) < 4.78 is 9.66. The van der Waals surface area contributed by atoms with Crippen LogP contribution in [0.1, 0.15) is 21.2 Å². The molecule has 7 nitrogen and oxygen atoms in total. The summed E-state index contributed by atoms with van der Waals surface area (Å²) in [5, 5.41) is 8.77. The summed E-state index contributed by atoms with van der Waals surface area (Å²) in [7, 11) is 0. The molecule has 2 aliphatic rings. The average molecular weight is 351 g/mol. The van der Waals surface area contributed by atoms with Crippen LogP contribution in [0.15, 0.2) is 10.8 Å². The molecule has 0 saturated carbocycles. The first-order chi connectivity index (χ1) is 11.2. The molecule has 0 unspecified atom stereocenters. The molecule has 2 fully saturated rings. The summed E-state index contributed by atoms with van der Waals surface area (Å²) in [6, 6.07) is 0.223. The molecular formula is C14H17N5O2S2. The van der Waals surface area contributed by atoms with E-state index in [2.05, 4.69) is 24.9 Å². The Kier molecular flexibility index (Phi) is 4.10. The van der Waals surface area contributed by atoms with Crippen LogP contribution in [0.3, 0.4) is 0 Å². The van der Waals surface area contributed by atoms with Gasteiger partial charge in [-0.2, -0.15) is 0 Å². The number of likely N-dealkylation sites (tertiary alicyclic amines) is 1. The Morgan fingerprint density at radius 1 is 1.43 bits per heavy atom. The average Bonchev–Trinajstić information content (AvgIpc) is 3.26. The molecule has 0 aromatic carbocycles. The standard InChI is InChI=1S/C14H17N5O2S2/c1-9-15-10(7-22-9)4-18-2-3-21-13-6-19(5-12(13)18)14(20)11-8-23-17-16-11/h7-8,12-13H,2-6H2,1H3/t12-,13+/m1/s1. The van der Waals surface area contributed by atoms with Gasteiger partial charge in [-0.1, -0.05) is 4.49 Å². The molecule has 122 valence electrons. The zero-order valence-electron chi connectivity index (χ0n) is 12.7. The molecule has 9 heteroatoms. The zero-order valence-corrected chi connectivity index (χ0v) is 14.3. The van der Waals surface area contributed by atoms with Gasteiger partial charge in [0.25, 0.3) is 5.91 Å². The number of rotatable bonds is 3. The lowest BCUT2D eigenvalue weighted by Gasteiger charge is -2.36. The molecule has 2 saturated heterocycles. The van der Waals surface area contributed by atoms with Gasteiger partial charge >= 0.3 is 0 Å². The Balaban J connectivity index is 1.47. The third-order valence-corrected chi connectivity index (χ3v) is 5.64. The molecule has 0 spiro atoms. The molecule has 2 aliphatic heterocycles. The van der Waals surface area contributed by atoms with Gasteiger partial charge in [-0.05, 0) is 18.5 Å². The lowest BCUT2D eigenvalue weighted by Crippen LogP contribution is -2.50. The Labute approximate surface area is 142 Å². The second-order valence-electron chi connectivity index (χ2n) is 5.81. The quantitative estimate of drug-likeness (QED) is 0.822. The van der Waals surface area contributed by atoms with Crippen LogP contribution in [-0.4, -0.2) is 68.7 Å². The van der Waals surface area contributed by atoms with E-state index in [1.54, 1.807) is 16.7 Å². The number of aryl methyl sites for hydroxylation is 1. The van der Waals surface area contributed by atoms with Gasteiger partial charge in [0, 0.05) is 36.9 Å². The number of nitrogens with zero attached hydrogens (tertiary/aromatic N) is 5. The number of morpholine rings is 1.